The molecule has 0 atom stereocenters. The highest BCUT2D eigenvalue weighted by Crippen LogP contribution is 2.41. The van der Waals surface area contributed by atoms with Gasteiger partial charge in [0.25, 0.3) is 0 Å². The fraction of sp³-hybridized carbons (Fsp3) is 0.212. The van der Waals surface area contributed by atoms with E-state index in [0.717, 1.165) is 54.2 Å². The predicted octanol–water partition coefficient (Wildman–Crippen LogP) is 6.65. The summed E-state index contributed by atoms with van der Waals surface area (Å²) in [5, 5.41) is 14.5. The molecule has 0 radical (unpaired) electrons. The molecule has 0 amide bonds. The quantitative estimate of drug-likeness (QED) is 0.186. The van der Waals surface area contributed by atoms with Crippen LogP contribution in [0.1, 0.15) is 53.9 Å². The van der Waals surface area contributed by atoms with Crippen LogP contribution in [0.25, 0.3) is 11.4 Å². The molecular weight excluding hydrogens is 468 g/mol. The Morgan fingerprint density at radius 3 is 1.68 bits per heavy atom. The lowest BCUT2D eigenvalue weighted by molar-refractivity contribution is -0.111. The summed E-state index contributed by atoms with van der Waals surface area (Å²) in [5.41, 5.74) is 4.62. The van der Waals surface area contributed by atoms with Crippen molar-refractivity contribution < 1.29 is 4.79 Å². The van der Waals surface area contributed by atoms with Crippen molar-refractivity contribution in [2.24, 2.45) is 5.92 Å². The van der Waals surface area contributed by atoms with Gasteiger partial charge >= 0.3 is 0 Å². The standard InChI is InChI=1S/C33H30N4O/c38-24-25-20-22-26(23-21-25)30-18-10-11-19-31(30)32-34-36-37(35-32)33(27-12-4-1-5-13-27,28-14-6-2-7-15-28)29-16-8-3-9-17-29/h1-19,24-26H,20-23H2. The average Bonchev–Trinajstić information content (AvgIpc) is 3.50. The molecule has 5 aromatic rings. The Hall–Kier alpha value is -4.38. The summed E-state index contributed by atoms with van der Waals surface area (Å²) in [5.74, 6) is 1.18. The summed E-state index contributed by atoms with van der Waals surface area (Å²) >= 11 is 0. The Morgan fingerprint density at radius 2 is 1.16 bits per heavy atom. The molecule has 38 heavy (non-hydrogen) atoms. The van der Waals surface area contributed by atoms with Gasteiger partial charge in [-0.2, -0.15) is 0 Å². The molecule has 1 aliphatic rings. The molecule has 5 nitrogen and oxygen atoms in total. The van der Waals surface area contributed by atoms with Gasteiger partial charge in [0.15, 0.2) is 5.54 Å². The van der Waals surface area contributed by atoms with Gasteiger partial charge in [0.05, 0.1) is 0 Å². The number of aromatic nitrogens is 4. The van der Waals surface area contributed by atoms with Crippen molar-refractivity contribution >= 4 is 6.29 Å². The van der Waals surface area contributed by atoms with E-state index < -0.39 is 5.54 Å². The van der Waals surface area contributed by atoms with E-state index in [9.17, 15) is 4.79 Å². The van der Waals surface area contributed by atoms with Crippen LogP contribution in [0.3, 0.4) is 0 Å². The first-order valence-corrected chi connectivity index (χ1v) is 13.3. The second-order valence-corrected chi connectivity index (χ2v) is 10.0. The highest BCUT2D eigenvalue weighted by atomic mass is 16.1. The number of benzene rings is 4. The minimum Gasteiger partial charge on any atom is -0.303 e. The number of carbonyl (C=O) groups is 1. The third-order valence-electron chi connectivity index (χ3n) is 7.89. The van der Waals surface area contributed by atoms with E-state index in [2.05, 4.69) is 96.1 Å². The molecule has 1 fully saturated rings. The molecule has 5 heteroatoms. The number of hydrogen-bond donors (Lipinski definition) is 0. The van der Waals surface area contributed by atoms with E-state index >= 15 is 0 Å². The maximum absolute atomic E-state index is 11.3. The second kappa shape index (κ2) is 10.5. The molecule has 1 aromatic heterocycles. The number of aldehydes is 1. The molecule has 0 unspecified atom stereocenters. The van der Waals surface area contributed by atoms with E-state index in [1.165, 1.54) is 5.56 Å². The van der Waals surface area contributed by atoms with Gasteiger partial charge in [0.1, 0.15) is 6.29 Å². The number of rotatable bonds is 7. The highest BCUT2D eigenvalue weighted by Gasteiger charge is 2.41. The van der Waals surface area contributed by atoms with Crippen LogP contribution in [0.4, 0.5) is 0 Å². The minimum absolute atomic E-state index is 0.181. The molecule has 0 aliphatic heterocycles. The van der Waals surface area contributed by atoms with Crippen molar-refractivity contribution in [1.29, 1.82) is 0 Å². The van der Waals surface area contributed by atoms with Crippen LogP contribution in [0.15, 0.2) is 115 Å². The number of carbonyl (C=O) groups excluding carboxylic acids is 1. The molecule has 4 aromatic carbocycles. The van der Waals surface area contributed by atoms with E-state index in [1.54, 1.807) is 4.80 Å². The van der Waals surface area contributed by atoms with E-state index in [0.29, 0.717) is 11.7 Å². The van der Waals surface area contributed by atoms with Gasteiger partial charge in [-0.25, -0.2) is 0 Å². The normalized spacial score (nSPS) is 17.7. The lowest BCUT2D eigenvalue weighted by Crippen LogP contribution is -2.39. The molecule has 0 spiro atoms. The first-order valence-electron chi connectivity index (χ1n) is 13.3. The highest BCUT2D eigenvalue weighted by molar-refractivity contribution is 5.61. The third kappa shape index (κ3) is 4.24. The summed E-state index contributed by atoms with van der Waals surface area (Å²) in [4.78, 5) is 13.1. The SMILES string of the molecule is O=CC1CCC(c2ccccc2-c2nnn(C(c3ccccc3)(c3ccccc3)c3ccccc3)n2)CC1. The van der Waals surface area contributed by atoms with Crippen LogP contribution in [0, 0.1) is 5.92 Å². The Labute approximate surface area is 223 Å². The second-order valence-electron chi connectivity index (χ2n) is 10.0. The first kappa shape index (κ1) is 24.0. The molecule has 1 heterocycles. The smallest absolute Gasteiger partial charge is 0.205 e. The largest absolute Gasteiger partial charge is 0.303 e. The van der Waals surface area contributed by atoms with Crippen molar-refractivity contribution in [2.45, 2.75) is 37.1 Å². The van der Waals surface area contributed by atoms with Crippen LogP contribution >= 0.6 is 0 Å². The van der Waals surface area contributed by atoms with Crippen LogP contribution < -0.4 is 0 Å². The third-order valence-corrected chi connectivity index (χ3v) is 7.89. The van der Waals surface area contributed by atoms with Gasteiger partial charge in [-0.1, -0.05) is 115 Å². The zero-order chi connectivity index (χ0) is 25.8. The van der Waals surface area contributed by atoms with Gasteiger partial charge < -0.3 is 4.79 Å². The van der Waals surface area contributed by atoms with Gasteiger partial charge in [-0.3, -0.25) is 0 Å². The fourth-order valence-electron chi connectivity index (χ4n) is 5.97. The minimum atomic E-state index is -0.800. The maximum Gasteiger partial charge on any atom is 0.205 e. The van der Waals surface area contributed by atoms with Gasteiger partial charge in [-0.15, -0.1) is 15.0 Å². The molecule has 0 bridgehead atoms. The number of nitrogens with zero attached hydrogens (tertiary/aromatic N) is 4. The lowest BCUT2D eigenvalue weighted by Gasteiger charge is -2.34. The molecular formula is C33H30N4O. The average molecular weight is 499 g/mol. The maximum atomic E-state index is 11.3. The summed E-state index contributed by atoms with van der Waals surface area (Å²) < 4.78 is 0. The van der Waals surface area contributed by atoms with Crippen molar-refractivity contribution in [3.63, 3.8) is 0 Å². The summed E-state index contributed by atoms with van der Waals surface area (Å²) in [6.07, 6.45) is 4.97. The predicted molar refractivity (Wildman–Crippen MR) is 149 cm³/mol. The van der Waals surface area contributed by atoms with Crippen molar-refractivity contribution in [2.75, 3.05) is 0 Å². The molecule has 0 saturated heterocycles. The van der Waals surface area contributed by atoms with E-state index in [4.69, 9.17) is 10.3 Å². The monoisotopic (exact) mass is 498 g/mol. The Kier molecular flexibility index (Phi) is 6.65. The summed E-state index contributed by atoms with van der Waals surface area (Å²) in [6.45, 7) is 0. The van der Waals surface area contributed by atoms with Crippen LogP contribution in [0.2, 0.25) is 0 Å². The van der Waals surface area contributed by atoms with Crippen molar-refractivity contribution in [1.82, 2.24) is 20.2 Å². The van der Waals surface area contributed by atoms with Gasteiger partial charge in [-0.05, 0) is 59.1 Å². The Balaban J connectivity index is 1.51. The number of hydrogen-bond acceptors (Lipinski definition) is 4. The summed E-state index contributed by atoms with van der Waals surface area (Å²) in [6, 6.07) is 39.6. The topological polar surface area (TPSA) is 60.7 Å². The van der Waals surface area contributed by atoms with Gasteiger partial charge in [0.2, 0.25) is 5.82 Å². The number of tetrazole rings is 1. The Bertz CT molecular complexity index is 1390. The van der Waals surface area contributed by atoms with E-state index in [-0.39, 0.29) is 5.92 Å². The molecule has 6 rings (SSSR count). The summed E-state index contributed by atoms with van der Waals surface area (Å²) in [7, 11) is 0. The van der Waals surface area contributed by atoms with Crippen molar-refractivity contribution in [3.8, 4) is 11.4 Å². The molecule has 1 saturated carbocycles. The zero-order valence-corrected chi connectivity index (χ0v) is 21.2. The molecule has 0 N–H and O–H groups in total. The van der Waals surface area contributed by atoms with Gasteiger partial charge in [0, 0.05) is 11.5 Å². The van der Waals surface area contributed by atoms with E-state index in [1.807, 2.05) is 24.3 Å². The van der Waals surface area contributed by atoms with Crippen LogP contribution in [0.5, 0.6) is 0 Å². The Morgan fingerprint density at radius 1 is 0.658 bits per heavy atom. The fourth-order valence-corrected chi connectivity index (χ4v) is 5.97. The van der Waals surface area contributed by atoms with Crippen molar-refractivity contribution in [3.05, 3.63) is 138 Å². The molecule has 1 aliphatic carbocycles. The van der Waals surface area contributed by atoms with Crippen LogP contribution in [-0.4, -0.2) is 26.5 Å². The van der Waals surface area contributed by atoms with Crippen LogP contribution in [-0.2, 0) is 10.3 Å². The first-order chi connectivity index (χ1) is 18.8. The zero-order valence-electron chi connectivity index (χ0n) is 21.2. The molecule has 188 valence electrons. The lowest BCUT2D eigenvalue weighted by atomic mass is 9.77.